The SMILES string of the molecule is O=C(O)c1ccccc1/C=N/N=C(c1ccccc1)c1ccccc1. The van der Waals surface area contributed by atoms with Crippen LogP contribution in [0.5, 0.6) is 0 Å². The smallest absolute Gasteiger partial charge is 0.336 e. The second-order valence-electron chi connectivity index (χ2n) is 5.32. The first kappa shape index (κ1) is 16.3. The van der Waals surface area contributed by atoms with Crippen LogP contribution in [0, 0.1) is 0 Å². The van der Waals surface area contributed by atoms with Crippen molar-refractivity contribution in [1.29, 1.82) is 0 Å². The van der Waals surface area contributed by atoms with Crippen LogP contribution in [0.2, 0.25) is 0 Å². The molecule has 0 radical (unpaired) electrons. The highest BCUT2D eigenvalue weighted by Gasteiger charge is 2.08. The Kier molecular flexibility index (Phi) is 5.12. The van der Waals surface area contributed by atoms with Crippen molar-refractivity contribution in [2.24, 2.45) is 10.2 Å². The van der Waals surface area contributed by atoms with Gasteiger partial charge >= 0.3 is 5.97 Å². The van der Waals surface area contributed by atoms with Crippen molar-refractivity contribution < 1.29 is 9.90 Å². The van der Waals surface area contributed by atoms with E-state index in [0.717, 1.165) is 16.8 Å². The van der Waals surface area contributed by atoms with Gasteiger partial charge in [0, 0.05) is 16.7 Å². The van der Waals surface area contributed by atoms with E-state index in [9.17, 15) is 9.90 Å². The maximum absolute atomic E-state index is 11.3. The quantitative estimate of drug-likeness (QED) is 0.562. The fourth-order valence-electron chi connectivity index (χ4n) is 2.43. The van der Waals surface area contributed by atoms with Crippen LogP contribution in [-0.4, -0.2) is 23.0 Å². The maximum Gasteiger partial charge on any atom is 0.336 e. The zero-order valence-electron chi connectivity index (χ0n) is 13.4. The van der Waals surface area contributed by atoms with Gasteiger partial charge in [0.15, 0.2) is 0 Å². The van der Waals surface area contributed by atoms with Crippen molar-refractivity contribution >= 4 is 17.9 Å². The molecule has 0 atom stereocenters. The van der Waals surface area contributed by atoms with Gasteiger partial charge in [0.1, 0.15) is 5.71 Å². The molecule has 0 amide bonds. The summed E-state index contributed by atoms with van der Waals surface area (Å²) in [6.07, 6.45) is 1.47. The molecule has 1 N–H and O–H groups in total. The molecule has 0 aromatic heterocycles. The molecule has 3 aromatic rings. The van der Waals surface area contributed by atoms with Gasteiger partial charge in [-0.3, -0.25) is 0 Å². The highest BCUT2D eigenvalue weighted by Crippen LogP contribution is 2.12. The molecule has 0 bridgehead atoms. The second kappa shape index (κ2) is 7.84. The molecule has 0 heterocycles. The Labute approximate surface area is 145 Å². The average molecular weight is 328 g/mol. The van der Waals surface area contributed by atoms with E-state index in [1.807, 2.05) is 60.7 Å². The minimum atomic E-state index is -0.989. The first-order chi connectivity index (χ1) is 12.3. The molecule has 0 aliphatic rings. The molecular weight excluding hydrogens is 312 g/mol. The van der Waals surface area contributed by atoms with Crippen molar-refractivity contribution in [2.45, 2.75) is 0 Å². The van der Waals surface area contributed by atoms with Gasteiger partial charge in [-0.2, -0.15) is 5.10 Å². The van der Waals surface area contributed by atoms with Gasteiger partial charge in [-0.05, 0) is 6.07 Å². The van der Waals surface area contributed by atoms with Gasteiger partial charge in [-0.15, -0.1) is 5.10 Å². The van der Waals surface area contributed by atoms with Crippen LogP contribution in [0.1, 0.15) is 27.0 Å². The van der Waals surface area contributed by atoms with Gasteiger partial charge in [0.05, 0.1) is 11.8 Å². The summed E-state index contributed by atoms with van der Waals surface area (Å²) in [7, 11) is 0. The van der Waals surface area contributed by atoms with E-state index in [2.05, 4.69) is 10.2 Å². The summed E-state index contributed by atoms with van der Waals surface area (Å²) in [5.74, 6) is -0.989. The molecule has 25 heavy (non-hydrogen) atoms. The summed E-state index contributed by atoms with van der Waals surface area (Å²) in [5.41, 5.74) is 3.32. The van der Waals surface area contributed by atoms with Gasteiger partial charge in [0.2, 0.25) is 0 Å². The van der Waals surface area contributed by atoms with Crippen molar-refractivity contribution in [1.82, 2.24) is 0 Å². The number of benzene rings is 3. The predicted octanol–water partition coefficient (Wildman–Crippen LogP) is 4.26. The average Bonchev–Trinajstić information content (AvgIpc) is 2.67. The van der Waals surface area contributed by atoms with E-state index in [1.54, 1.807) is 24.3 Å². The molecule has 0 fully saturated rings. The van der Waals surface area contributed by atoms with Crippen LogP contribution < -0.4 is 0 Å². The minimum Gasteiger partial charge on any atom is -0.478 e. The normalized spacial score (nSPS) is 10.6. The Morgan fingerprint density at radius 3 is 1.84 bits per heavy atom. The first-order valence-corrected chi connectivity index (χ1v) is 7.80. The van der Waals surface area contributed by atoms with E-state index in [0.29, 0.717) is 5.56 Å². The Morgan fingerprint density at radius 2 is 1.28 bits per heavy atom. The summed E-state index contributed by atoms with van der Waals surface area (Å²) < 4.78 is 0. The lowest BCUT2D eigenvalue weighted by Crippen LogP contribution is -2.03. The summed E-state index contributed by atoms with van der Waals surface area (Å²) in [6.45, 7) is 0. The van der Waals surface area contributed by atoms with Crippen LogP contribution >= 0.6 is 0 Å². The molecule has 3 rings (SSSR count). The minimum absolute atomic E-state index is 0.197. The van der Waals surface area contributed by atoms with Crippen LogP contribution in [0.15, 0.2) is 95.1 Å². The Hall–Kier alpha value is -3.53. The zero-order valence-corrected chi connectivity index (χ0v) is 13.4. The van der Waals surface area contributed by atoms with E-state index in [1.165, 1.54) is 6.21 Å². The third kappa shape index (κ3) is 4.06. The van der Waals surface area contributed by atoms with Crippen molar-refractivity contribution in [3.05, 3.63) is 107 Å². The van der Waals surface area contributed by atoms with E-state index in [-0.39, 0.29) is 5.56 Å². The molecule has 0 saturated carbocycles. The molecule has 0 aliphatic carbocycles. The Bertz CT molecular complexity index is 875. The summed E-state index contributed by atoms with van der Waals surface area (Å²) in [4.78, 5) is 11.3. The Morgan fingerprint density at radius 1 is 0.760 bits per heavy atom. The molecule has 0 saturated heterocycles. The lowest BCUT2D eigenvalue weighted by Gasteiger charge is -2.05. The van der Waals surface area contributed by atoms with E-state index < -0.39 is 5.97 Å². The highest BCUT2D eigenvalue weighted by molar-refractivity contribution is 6.13. The van der Waals surface area contributed by atoms with Gasteiger partial charge in [0.25, 0.3) is 0 Å². The maximum atomic E-state index is 11.3. The number of hydrogen-bond acceptors (Lipinski definition) is 3. The summed E-state index contributed by atoms with van der Waals surface area (Å²) in [6, 6.07) is 26.2. The third-order valence-corrected chi connectivity index (χ3v) is 3.64. The zero-order chi connectivity index (χ0) is 17.5. The van der Waals surface area contributed by atoms with Crippen LogP contribution in [0.3, 0.4) is 0 Å². The Balaban J connectivity index is 1.99. The first-order valence-electron chi connectivity index (χ1n) is 7.80. The van der Waals surface area contributed by atoms with Crippen molar-refractivity contribution in [2.75, 3.05) is 0 Å². The van der Waals surface area contributed by atoms with Gasteiger partial charge in [-0.25, -0.2) is 4.79 Å². The predicted molar refractivity (Wildman–Crippen MR) is 99.5 cm³/mol. The number of nitrogens with zero attached hydrogens (tertiary/aromatic N) is 2. The number of aromatic carboxylic acids is 1. The van der Waals surface area contributed by atoms with Crippen molar-refractivity contribution in [3.8, 4) is 0 Å². The van der Waals surface area contributed by atoms with E-state index >= 15 is 0 Å². The van der Waals surface area contributed by atoms with Crippen LogP contribution in [-0.2, 0) is 0 Å². The molecule has 4 nitrogen and oxygen atoms in total. The summed E-state index contributed by atoms with van der Waals surface area (Å²) in [5, 5.41) is 17.7. The van der Waals surface area contributed by atoms with Gasteiger partial charge < -0.3 is 5.11 Å². The second-order valence-corrected chi connectivity index (χ2v) is 5.32. The lowest BCUT2D eigenvalue weighted by atomic mass is 10.0. The van der Waals surface area contributed by atoms with E-state index in [4.69, 9.17) is 0 Å². The molecule has 3 aromatic carbocycles. The third-order valence-electron chi connectivity index (χ3n) is 3.64. The monoisotopic (exact) mass is 328 g/mol. The number of carboxylic acid groups (broad SMARTS) is 1. The van der Waals surface area contributed by atoms with Crippen LogP contribution in [0.25, 0.3) is 0 Å². The summed E-state index contributed by atoms with van der Waals surface area (Å²) >= 11 is 0. The molecule has 4 heteroatoms. The van der Waals surface area contributed by atoms with Crippen LogP contribution in [0.4, 0.5) is 0 Å². The highest BCUT2D eigenvalue weighted by atomic mass is 16.4. The molecular formula is C21H16N2O2. The number of rotatable bonds is 5. The lowest BCUT2D eigenvalue weighted by molar-refractivity contribution is 0.0697. The topological polar surface area (TPSA) is 62.0 Å². The molecule has 0 unspecified atom stereocenters. The molecule has 0 aliphatic heterocycles. The standard InChI is InChI=1S/C21H16N2O2/c24-21(25)19-14-8-7-13-18(19)15-22-23-20(16-9-3-1-4-10-16)17-11-5-2-6-12-17/h1-15H,(H,24,25)/b22-15+. The number of carboxylic acids is 1. The molecule has 122 valence electrons. The molecule has 0 spiro atoms. The number of hydrogen-bond donors (Lipinski definition) is 1. The van der Waals surface area contributed by atoms with Crippen molar-refractivity contribution in [3.63, 3.8) is 0 Å². The van der Waals surface area contributed by atoms with Gasteiger partial charge in [-0.1, -0.05) is 78.9 Å². The largest absolute Gasteiger partial charge is 0.478 e. The fourth-order valence-corrected chi connectivity index (χ4v) is 2.43. The number of carbonyl (C=O) groups is 1. The fraction of sp³-hybridized carbons (Fsp3) is 0.